The zero-order valence-corrected chi connectivity index (χ0v) is 21.0. The van der Waals surface area contributed by atoms with E-state index in [-0.39, 0.29) is 45.4 Å². The molecule has 0 saturated carbocycles. The maximum Gasteiger partial charge on any atom is 0.394 e. The summed E-state index contributed by atoms with van der Waals surface area (Å²) in [6.45, 7) is 0. The van der Waals surface area contributed by atoms with Crippen LogP contribution in [-0.4, -0.2) is 50.8 Å². The zero-order valence-electron chi connectivity index (χ0n) is 21.2. The van der Waals surface area contributed by atoms with Gasteiger partial charge in [0, 0.05) is 25.6 Å². The Hall–Kier alpha value is -3.64. The fraction of sp³-hybridized carbons (Fsp3) is 0.167. The summed E-state index contributed by atoms with van der Waals surface area (Å²) in [5.74, 6) is -0.691. The van der Waals surface area contributed by atoms with Crippen LogP contribution in [0.4, 0.5) is 0 Å². The van der Waals surface area contributed by atoms with Crippen LogP contribution in [0.25, 0.3) is 0 Å². The highest BCUT2D eigenvalue weighted by Crippen LogP contribution is 2.21. The second-order valence-electron chi connectivity index (χ2n) is 7.02. The van der Waals surface area contributed by atoms with Crippen molar-refractivity contribution < 1.29 is 38.5 Å². The molecule has 3 aromatic rings. The van der Waals surface area contributed by atoms with E-state index in [2.05, 4.69) is 4.84 Å². The Balaban J connectivity index is 0.000000271. The lowest BCUT2D eigenvalue weighted by molar-refractivity contribution is -0.0758. The molecular formula is C24H25NO8P2+2. The van der Waals surface area contributed by atoms with Crippen LogP contribution in [0.15, 0.2) is 60.7 Å². The topological polar surface area (TPSA) is 130 Å². The minimum absolute atomic E-state index is 0.0324. The maximum atomic E-state index is 12.2. The molecule has 0 bridgehead atoms. The molecule has 0 radical (unpaired) electrons. The third-order valence-electron chi connectivity index (χ3n) is 4.76. The number of benzene rings is 3. The first-order valence-electron chi connectivity index (χ1n) is 10.9. The molecule has 2 unspecified atom stereocenters. The number of phenolic OH excluding ortho intramolecular Hbond substituents is 2. The third-order valence-corrected chi connectivity index (χ3v) is 5.74. The molecule has 11 heteroatoms. The fourth-order valence-electron chi connectivity index (χ4n) is 2.89. The standard InChI is InChI=1S/C15H13O4P.C9H10NO4P/c1-19-11-4-2-3-10(7-11)8-14(16)13-6-5-12(20-18)9-15(13)17;1-10(14-2)9(12)7-4-3-6(15-13)5-8(7)11/h2-7,9,17H,8H2,1H3;3-5,11H,1-2H3/p+2/i/hT2. The number of rotatable bonds is 8. The predicted molar refractivity (Wildman–Crippen MR) is 134 cm³/mol. The van der Waals surface area contributed by atoms with Gasteiger partial charge in [-0.15, -0.1) is 0 Å². The Morgan fingerprint density at radius 1 is 0.914 bits per heavy atom. The van der Waals surface area contributed by atoms with Gasteiger partial charge in [0.15, 0.2) is 16.4 Å². The Labute approximate surface area is 207 Å². The van der Waals surface area contributed by atoms with E-state index in [0.29, 0.717) is 5.75 Å². The Morgan fingerprint density at radius 2 is 1.49 bits per heavy atom. The van der Waals surface area contributed by atoms with Crippen molar-refractivity contribution in [1.29, 1.82) is 2.56 Å². The number of hydroxylamine groups is 2. The monoisotopic (exact) mass is 521 g/mol. The van der Waals surface area contributed by atoms with E-state index in [1.165, 1.54) is 44.5 Å². The van der Waals surface area contributed by atoms with E-state index >= 15 is 0 Å². The highest BCUT2D eigenvalue weighted by atomic mass is 31.1. The lowest BCUT2D eigenvalue weighted by Crippen LogP contribution is -2.25. The van der Waals surface area contributed by atoms with Crippen molar-refractivity contribution >= 4 is 39.1 Å². The summed E-state index contributed by atoms with van der Waals surface area (Å²) in [7, 11) is -0.289. The lowest BCUT2D eigenvalue weighted by atomic mass is 10.0. The molecule has 1 amide bonds. The number of Topliss-reactive ketones (excluding diaryl/α,β-unsaturated/α-hetero) is 1. The van der Waals surface area contributed by atoms with Crippen molar-refractivity contribution in [2.45, 2.75) is 6.42 Å². The summed E-state index contributed by atoms with van der Waals surface area (Å²) in [4.78, 5) is 28.5. The second kappa shape index (κ2) is 13.3. The maximum absolute atomic E-state index is 12.2. The number of hydrogen-bond donors (Lipinski definition) is 2. The van der Waals surface area contributed by atoms with E-state index in [1.807, 2.05) is 0 Å². The van der Waals surface area contributed by atoms with Gasteiger partial charge in [-0.2, -0.15) is 0 Å². The van der Waals surface area contributed by atoms with Gasteiger partial charge in [-0.1, -0.05) is 21.3 Å². The molecule has 9 nitrogen and oxygen atoms in total. The molecule has 0 saturated heterocycles. The van der Waals surface area contributed by atoms with Gasteiger partial charge < -0.3 is 14.9 Å². The van der Waals surface area contributed by atoms with Crippen LogP contribution in [0.2, 0.25) is 0 Å². The number of amides is 1. The molecule has 182 valence electrons. The van der Waals surface area contributed by atoms with Crippen LogP contribution in [-0.2, 0) is 20.4 Å². The molecule has 35 heavy (non-hydrogen) atoms. The number of carbonyl (C=O) groups excluding carboxylic acids is 2. The van der Waals surface area contributed by atoms with Crippen molar-refractivity contribution in [2.75, 3.05) is 21.3 Å². The normalized spacial score (nSPS) is 11.7. The van der Waals surface area contributed by atoms with Gasteiger partial charge in [0.1, 0.15) is 17.2 Å². The van der Waals surface area contributed by atoms with Gasteiger partial charge in [-0.25, -0.2) is 5.06 Å². The zero-order chi connectivity index (χ0) is 27.7. The van der Waals surface area contributed by atoms with E-state index in [9.17, 15) is 28.9 Å². The molecule has 0 spiro atoms. The summed E-state index contributed by atoms with van der Waals surface area (Å²) in [5.41, 5.74) is 0.956. The highest BCUT2D eigenvalue weighted by Gasteiger charge is 2.17. The third kappa shape index (κ3) is 7.69. The molecule has 0 fully saturated rings. The lowest BCUT2D eigenvalue weighted by Gasteiger charge is -2.13. The van der Waals surface area contributed by atoms with Gasteiger partial charge in [-0.3, -0.25) is 14.4 Å². The first-order valence-corrected chi connectivity index (χ1v) is 11.7. The van der Waals surface area contributed by atoms with Crippen molar-refractivity contribution in [3.05, 3.63) is 77.4 Å². The van der Waals surface area contributed by atoms with Gasteiger partial charge in [0.05, 0.1) is 25.3 Å². The van der Waals surface area contributed by atoms with Crippen LogP contribution >= 0.6 is 16.8 Å². The van der Waals surface area contributed by atoms with Crippen LogP contribution < -0.4 is 15.3 Å². The van der Waals surface area contributed by atoms with Crippen molar-refractivity contribution in [2.24, 2.45) is 0 Å². The molecule has 0 aliphatic heterocycles. The highest BCUT2D eigenvalue weighted by molar-refractivity contribution is 7.34. The predicted octanol–water partition coefficient (Wildman–Crippen LogP) is 3.15. The Bertz CT molecular complexity index is 1340. The largest absolute Gasteiger partial charge is 0.507 e. The van der Waals surface area contributed by atoms with Crippen molar-refractivity contribution in [1.82, 2.24) is 5.06 Å². The van der Waals surface area contributed by atoms with Gasteiger partial charge >= 0.3 is 19.4 Å². The number of ketones is 1. The summed E-state index contributed by atoms with van der Waals surface area (Å²) >= 11 is 0. The molecular weight excluding hydrogens is 492 g/mol. The smallest absolute Gasteiger partial charge is 0.394 e. The Morgan fingerprint density at radius 3 is 1.97 bits per heavy atom. The number of hydrogen-bond acceptors (Lipinski definition) is 8. The number of methoxy groups -OCH3 is 1. The number of carbonyl (C=O) groups is 2. The first-order chi connectivity index (χ1) is 17.5. The quantitative estimate of drug-likeness (QED) is 0.263. The van der Waals surface area contributed by atoms with E-state index < -0.39 is 22.7 Å². The number of nitrogens with zero attached hydrogens (tertiary/aromatic N) is 1. The van der Waals surface area contributed by atoms with Crippen molar-refractivity contribution in [3.8, 4) is 17.2 Å². The summed E-state index contributed by atoms with van der Waals surface area (Å²) in [6, 6.07) is 15.0. The molecule has 3 rings (SSSR count). The van der Waals surface area contributed by atoms with Crippen LogP contribution in [0.5, 0.6) is 17.2 Å². The van der Waals surface area contributed by atoms with Crippen molar-refractivity contribution in [3.63, 3.8) is 0 Å². The molecule has 0 heterocycles. The second-order valence-corrected chi connectivity index (χ2v) is 8.42. The minimum atomic E-state index is -2.29. The molecule has 0 aromatic heterocycles. The molecule has 0 aliphatic carbocycles. The fourth-order valence-corrected chi connectivity index (χ4v) is 3.51. The molecule has 2 atom stereocenters. The summed E-state index contributed by atoms with van der Waals surface area (Å²) in [6.07, 6.45) is 0.122. The molecule has 3 aromatic carbocycles. The first kappa shape index (κ1) is 24.5. The SMILES string of the molecule is [3H][P+](=O)c1ccc(C(=O)Cc2cccc(OC)c2)c(O)c1.[3H][P+](=O)c1ccc(C(=O)N(C)OC)c(O)c1. The van der Waals surface area contributed by atoms with Gasteiger partial charge in [0.2, 0.25) is 0 Å². The average Bonchev–Trinajstić information content (AvgIpc) is 2.87. The number of phenols is 2. The van der Waals surface area contributed by atoms with Crippen LogP contribution in [0.1, 0.15) is 26.3 Å². The summed E-state index contributed by atoms with van der Waals surface area (Å²) in [5, 5.41) is 20.7. The van der Waals surface area contributed by atoms with E-state index in [1.54, 1.807) is 31.4 Å². The summed E-state index contributed by atoms with van der Waals surface area (Å²) < 4.78 is 41.1. The van der Waals surface area contributed by atoms with Gasteiger partial charge in [-0.05, 0) is 42.0 Å². The minimum Gasteiger partial charge on any atom is -0.507 e. The number of ether oxygens (including phenoxy) is 1. The molecule has 0 aliphatic rings. The van der Waals surface area contributed by atoms with Crippen LogP contribution in [0, 0.1) is 0 Å². The number of aromatic hydroxyl groups is 2. The Kier molecular flexibility index (Phi) is 9.30. The van der Waals surface area contributed by atoms with Gasteiger partial charge in [0.25, 0.3) is 5.91 Å². The van der Waals surface area contributed by atoms with E-state index in [4.69, 9.17) is 7.29 Å². The molecule has 2 N–H and O–H groups in total. The average molecular weight is 521 g/mol. The van der Waals surface area contributed by atoms with E-state index in [0.717, 1.165) is 16.7 Å². The van der Waals surface area contributed by atoms with Crippen LogP contribution in [0.3, 0.4) is 0 Å².